The van der Waals surface area contributed by atoms with Gasteiger partial charge in [-0.15, -0.1) is 0 Å². The molecular formula is C12H15ClFNO4S. The Morgan fingerprint density at radius 1 is 1.50 bits per heavy atom. The van der Waals surface area contributed by atoms with Crippen LogP contribution in [0.1, 0.15) is 6.92 Å². The minimum atomic E-state index is -3.75. The SMILES string of the molecule is COC(=O)C(C)CS(=O)(=O)N(C)c1ccc(F)c(Cl)c1. The van der Waals surface area contributed by atoms with Crippen molar-refractivity contribution >= 4 is 33.3 Å². The van der Waals surface area contributed by atoms with Gasteiger partial charge in [-0.25, -0.2) is 12.8 Å². The Morgan fingerprint density at radius 3 is 2.60 bits per heavy atom. The monoisotopic (exact) mass is 323 g/mol. The molecule has 1 rings (SSSR count). The van der Waals surface area contributed by atoms with Gasteiger partial charge < -0.3 is 4.74 Å². The second-order valence-electron chi connectivity index (χ2n) is 4.27. The molecule has 112 valence electrons. The molecule has 20 heavy (non-hydrogen) atoms. The second kappa shape index (κ2) is 6.41. The zero-order valence-corrected chi connectivity index (χ0v) is 12.8. The van der Waals surface area contributed by atoms with Crippen LogP contribution in [0.2, 0.25) is 5.02 Å². The molecule has 0 amide bonds. The van der Waals surface area contributed by atoms with Gasteiger partial charge in [0.05, 0.1) is 29.5 Å². The smallest absolute Gasteiger partial charge is 0.309 e. The summed E-state index contributed by atoms with van der Waals surface area (Å²) in [5, 5.41) is -0.175. The maximum Gasteiger partial charge on any atom is 0.309 e. The van der Waals surface area contributed by atoms with E-state index in [4.69, 9.17) is 11.6 Å². The van der Waals surface area contributed by atoms with Crippen LogP contribution in [0.5, 0.6) is 0 Å². The summed E-state index contributed by atoms with van der Waals surface area (Å²) in [5.41, 5.74) is 0.216. The lowest BCUT2D eigenvalue weighted by Crippen LogP contribution is -2.34. The molecule has 0 aliphatic carbocycles. The predicted octanol–water partition coefficient (Wildman–Crippen LogP) is 2.05. The van der Waals surface area contributed by atoms with Crippen molar-refractivity contribution in [3.8, 4) is 0 Å². The minimum absolute atomic E-state index is 0.175. The molecule has 5 nitrogen and oxygen atoms in total. The zero-order chi connectivity index (χ0) is 15.5. The lowest BCUT2D eigenvalue weighted by molar-refractivity contribution is -0.144. The van der Waals surface area contributed by atoms with Gasteiger partial charge in [-0.1, -0.05) is 18.5 Å². The number of carbonyl (C=O) groups is 1. The van der Waals surface area contributed by atoms with Crippen LogP contribution in [0, 0.1) is 11.7 Å². The Balaban J connectivity index is 2.97. The molecule has 0 aliphatic rings. The topological polar surface area (TPSA) is 63.7 Å². The number of hydrogen-bond donors (Lipinski definition) is 0. The molecule has 0 fully saturated rings. The number of nitrogens with zero attached hydrogens (tertiary/aromatic N) is 1. The van der Waals surface area contributed by atoms with Crippen LogP contribution in [-0.4, -0.2) is 34.3 Å². The van der Waals surface area contributed by atoms with Crippen molar-refractivity contribution in [2.75, 3.05) is 24.2 Å². The third kappa shape index (κ3) is 3.83. The lowest BCUT2D eigenvalue weighted by atomic mass is 10.2. The molecule has 0 bridgehead atoms. The van der Waals surface area contributed by atoms with Crippen molar-refractivity contribution in [2.24, 2.45) is 5.92 Å². The fraction of sp³-hybridized carbons (Fsp3) is 0.417. The average Bonchev–Trinajstić information content (AvgIpc) is 2.39. The largest absolute Gasteiger partial charge is 0.469 e. The van der Waals surface area contributed by atoms with E-state index in [0.29, 0.717) is 0 Å². The number of halogens is 2. The molecule has 0 saturated carbocycles. The van der Waals surface area contributed by atoms with E-state index in [9.17, 15) is 17.6 Å². The number of rotatable bonds is 5. The number of anilines is 1. The van der Waals surface area contributed by atoms with Crippen molar-refractivity contribution in [2.45, 2.75) is 6.92 Å². The van der Waals surface area contributed by atoms with Gasteiger partial charge in [-0.05, 0) is 18.2 Å². The van der Waals surface area contributed by atoms with Gasteiger partial charge in [0.15, 0.2) is 0 Å². The third-order valence-corrected chi connectivity index (χ3v) is 5.00. The van der Waals surface area contributed by atoms with Gasteiger partial charge >= 0.3 is 5.97 Å². The number of carbonyl (C=O) groups excluding carboxylic acids is 1. The fourth-order valence-electron chi connectivity index (χ4n) is 1.54. The summed E-state index contributed by atoms with van der Waals surface area (Å²) in [6.45, 7) is 1.45. The maximum absolute atomic E-state index is 13.1. The molecule has 0 spiro atoms. The normalized spacial score (nSPS) is 12.8. The molecule has 8 heteroatoms. The number of esters is 1. The highest BCUT2D eigenvalue weighted by Gasteiger charge is 2.26. The Bertz CT molecular complexity index is 605. The Labute approximate surface area is 122 Å². The lowest BCUT2D eigenvalue weighted by Gasteiger charge is -2.21. The summed E-state index contributed by atoms with van der Waals surface area (Å²) in [5.74, 6) is -2.46. The van der Waals surface area contributed by atoms with Gasteiger partial charge in [-0.3, -0.25) is 9.10 Å². The highest BCUT2D eigenvalue weighted by atomic mass is 35.5. The van der Waals surface area contributed by atoms with E-state index in [0.717, 1.165) is 10.4 Å². The van der Waals surface area contributed by atoms with Crippen molar-refractivity contribution < 1.29 is 22.3 Å². The predicted molar refractivity (Wildman–Crippen MR) is 74.8 cm³/mol. The molecule has 1 aromatic carbocycles. The summed E-state index contributed by atoms with van der Waals surface area (Å²) >= 11 is 5.62. The number of benzene rings is 1. The van der Waals surface area contributed by atoms with Gasteiger partial charge in [0.2, 0.25) is 10.0 Å². The Hall–Kier alpha value is -1.34. The van der Waals surface area contributed by atoms with E-state index in [-0.39, 0.29) is 10.7 Å². The van der Waals surface area contributed by atoms with Gasteiger partial charge in [-0.2, -0.15) is 0 Å². The van der Waals surface area contributed by atoms with Crippen molar-refractivity contribution in [3.05, 3.63) is 29.0 Å². The molecule has 0 aliphatic heterocycles. The third-order valence-electron chi connectivity index (χ3n) is 2.75. The molecule has 1 atom stereocenters. The average molecular weight is 324 g/mol. The van der Waals surface area contributed by atoms with Crippen LogP contribution >= 0.6 is 11.6 Å². The first-order valence-electron chi connectivity index (χ1n) is 5.68. The van der Waals surface area contributed by atoms with Gasteiger partial charge in [0.1, 0.15) is 5.82 Å². The van der Waals surface area contributed by atoms with Crippen LogP contribution in [0.4, 0.5) is 10.1 Å². The van der Waals surface area contributed by atoms with E-state index in [2.05, 4.69) is 4.74 Å². The van der Waals surface area contributed by atoms with E-state index in [1.54, 1.807) is 0 Å². The van der Waals surface area contributed by atoms with Gasteiger partial charge in [0, 0.05) is 7.05 Å². The standard InChI is InChI=1S/C12H15ClFNO4S/c1-8(12(16)19-3)7-20(17,18)15(2)9-4-5-11(14)10(13)6-9/h4-6,8H,7H2,1-3H3. The number of methoxy groups -OCH3 is 1. The highest BCUT2D eigenvalue weighted by Crippen LogP contribution is 2.24. The summed E-state index contributed by atoms with van der Waals surface area (Å²) < 4.78 is 42.8. The molecular weight excluding hydrogens is 309 g/mol. The summed E-state index contributed by atoms with van der Waals surface area (Å²) in [4.78, 5) is 11.3. The first-order chi connectivity index (χ1) is 9.19. The van der Waals surface area contributed by atoms with Crippen molar-refractivity contribution in [3.63, 3.8) is 0 Å². The van der Waals surface area contributed by atoms with Crippen LogP contribution in [0.25, 0.3) is 0 Å². The van der Waals surface area contributed by atoms with Crippen LogP contribution in [0.15, 0.2) is 18.2 Å². The van der Waals surface area contributed by atoms with Crippen LogP contribution in [-0.2, 0) is 19.6 Å². The van der Waals surface area contributed by atoms with E-state index < -0.39 is 33.5 Å². The number of hydrogen-bond acceptors (Lipinski definition) is 4. The number of sulfonamides is 1. The van der Waals surface area contributed by atoms with E-state index >= 15 is 0 Å². The van der Waals surface area contributed by atoms with Crippen LogP contribution < -0.4 is 4.31 Å². The molecule has 1 aromatic rings. The zero-order valence-electron chi connectivity index (χ0n) is 11.3. The van der Waals surface area contributed by atoms with Crippen molar-refractivity contribution in [1.82, 2.24) is 0 Å². The summed E-state index contributed by atoms with van der Waals surface area (Å²) in [6.07, 6.45) is 0. The van der Waals surface area contributed by atoms with Gasteiger partial charge in [0.25, 0.3) is 0 Å². The maximum atomic E-state index is 13.1. The summed E-state index contributed by atoms with van der Waals surface area (Å²) in [6, 6.07) is 3.58. The molecule has 0 radical (unpaired) electrons. The minimum Gasteiger partial charge on any atom is -0.469 e. The fourth-order valence-corrected chi connectivity index (χ4v) is 3.14. The Kier molecular flexibility index (Phi) is 5.35. The molecule has 0 heterocycles. The molecule has 1 unspecified atom stereocenters. The molecule has 0 N–H and O–H groups in total. The van der Waals surface area contributed by atoms with Crippen molar-refractivity contribution in [1.29, 1.82) is 0 Å². The van der Waals surface area contributed by atoms with E-state index in [1.807, 2.05) is 0 Å². The molecule has 0 saturated heterocycles. The first-order valence-corrected chi connectivity index (χ1v) is 7.67. The van der Waals surface area contributed by atoms with Crippen LogP contribution in [0.3, 0.4) is 0 Å². The Morgan fingerprint density at radius 2 is 2.10 bits per heavy atom. The first kappa shape index (κ1) is 16.7. The molecule has 0 aromatic heterocycles. The number of ether oxygens (including phenoxy) is 1. The quantitative estimate of drug-likeness (QED) is 0.778. The van der Waals surface area contributed by atoms with E-state index in [1.165, 1.54) is 33.2 Å². The summed E-state index contributed by atoms with van der Waals surface area (Å²) in [7, 11) is -1.25. The highest BCUT2D eigenvalue weighted by molar-refractivity contribution is 7.92. The second-order valence-corrected chi connectivity index (χ2v) is 6.72.